The lowest BCUT2D eigenvalue weighted by molar-refractivity contribution is -0.121. The predicted octanol–water partition coefficient (Wildman–Crippen LogP) is 2.48. The molecule has 76 valence electrons. The summed E-state index contributed by atoms with van der Waals surface area (Å²) in [5, 5.41) is 0. The van der Waals surface area contributed by atoms with Crippen molar-refractivity contribution in [3.63, 3.8) is 0 Å². The summed E-state index contributed by atoms with van der Waals surface area (Å²) in [6.07, 6.45) is 3.09. The van der Waals surface area contributed by atoms with E-state index in [1.54, 1.807) is 13.1 Å². The fourth-order valence-electron chi connectivity index (χ4n) is 1.08. The average molecular weight is 209 g/mol. The van der Waals surface area contributed by atoms with Gasteiger partial charge in [0.15, 0.2) is 0 Å². The van der Waals surface area contributed by atoms with Gasteiger partial charge in [-0.2, -0.15) is 0 Å². The fraction of sp³-hybridized carbons (Fsp3) is 0.273. The first-order valence-corrected chi connectivity index (χ1v) is 4.85. The van der Waals surface area contributed by atoms with Gasteiger partial charge in [-0.25, -0.2) is 0 Å². The van der Waals surface area contributed by atoms with Gasteiger partial charge in [0, 0.05) is 18.2 Å². The van der Waals surface area contributed by atoms with Gasteiger partial charge in [0.2, 0.25) is 0 Å². The van der Waals surface area contributed by atoms with Gasteiger partial charge in [-0.1, -0.05) is 51.4 Å². The third-order valence-corrected chi connectivity index (χ3v) is 2.26. The molecule has 3 heteroatoms. The molecule has 1 amide bonds. The van der Waals surface area contributed by atoms with Crippen molar-refractivity contribution in [3.8, 4) is 0 Å². The van der Waals surface area contributed by atoms with Crippen LogP contribution in [0.4, 0.5) is 0 Å². The van der Waals surface area contributed by atoms with Crippen molar-refractivity contribution in [1.29, 1.82) is 0 Å². The molecular weight excluding hydrogens is 194 g/mol. The lowest BCUT2D eigenvalue weighted by atomic mass is 10.1. The molecule has 2 nitrogen and oxygen atoms in total. The summed E-state index contributed by atoms with van der Waals surface area (Å²) in [7, 11) is 1.64. The summed E-state index contributed by atoms with van der Waals surface area (Å²) in [5.41, 5.74) is 1.24. The summed E-state index contributed by atoms with van der Waals surface area (Å²) in [6.45, 7) is 11.1. The Morgan fingerprint density at radius 3 is 1.93 bits per heavy atom. The number of carbonyl (C=O) groups excluding carboxylic acids is 1. The molecular formula is C11H15NOS. The highest BCUT2D eigenvalue weighted by atomic mass is 32.1. The van der Waals surface area contributed by atoms with E-state index < -0.39 is 0 Å². The molecule has 0 spiro atoms. The van der Waals surface area contributed by atoms with E-state index in [1.165, 1.54) is 11.0 Å². The molecule has 1 rings (SSSR count). The van der Waals surface area contributed by atoms with Gasteiger partial charge in [0.1, 0.15) is 4.99 Å². The van der Waals surface area contributed by atoms with Crippen LogP contribution in [0.1, 0.15) is 13.8 Å². The molecule has 0 fully saturated rings. The highest BCUT2D eigenvalue weighted by Crippen LogP contribution is 2.21. The van der Waals surface area contributed by atoms with Gasteiger partial charge in [0.05, 0.1) is 0 Å². The van der Waals surface area contributed by atoms with Crippen LogP contribution >= 0.6 is 12.2 Å². The second-order valence-electron chi connectivity index (χ2n) is 2.40. The molecule has 14 heavy (non-hydrogen) atoms. The third kappa shape index (κ3) is 1.99. The van der Waals surface area contributed by atoms with Crippen molar-refractivity contribution in [2.75, 3.05) is 7.05 Å². The molecule has 0 N–H and O–H groups in total. The summed E-state index contributed by atoms with van der Waals surface area (Å²) in [6, 6.07) is 0. The maximum Gasteiger partial charge on any atom is 0.259 e. The first kappa shape index (κ1) is 12.8. The highest BCUT2D eigenvalue weighted by Gasteiger charge is 2.28. The lowest BCUT2D eigenvalue weighted by Gasteiger charge is -2.07. The SMILES string of the molecule is C=CC1=C(C=C)C(=S)N(C)C1=O.CC. The Hall–Kier alpha value is -1.22. The van der Waals surface area contributed by atoms with E-state index in [4.69, 9.17) is 12.2 Å². The summed E-state index contributed by atoms with van der Waals surface area (Å²) >= 11 is 5.01. The quantitative estimate of drug-likeness (QED) is 0.651. The Morgan fingerprint density at radius 2 is 1.64 bits per heavy atom. The number of hydrogen-bond donors (Lipinski definition) is 0. The van der Waals surface area contributed by atoms with E-state index in [0.29, 0.717) is 16.1 Å². The van der Waals surface area contributed by atoms with Crippen molar-refractivity contribution < 1.29 is 4.79 Å². The number of carbonyl (C=O) groups is 1. The highest BCUT2D eigenvalue weighted by molar-refractivity contribution is 7.80. The normalized spacial score (nSPS) is 15.2. The number of likely N-dealkylation sites (N-methyl/N-ethyl adjacent to an activating group) is 1. The smallest absolute Gasteiger partial charge is 0.259 e. The Morgan fingerprint density at radius 1 is 1.21 bits per heavy atom. The van der Waals surface area contributed by atoms with Gasteiger partial charge in [0.25, 0.3) is 5.91 Å². The van der Waals surface area contributed by atoms with E-state index in [0.717, 1.165) is 0 Å². The average Bonchev–Trinajstić information content (AvgIpc) is 2.44. The molecule has 0 unspecified atom stereocenters. The number of thiocarbonyl (C=S) groups is 1. The van der Waals surface area contributed by atoms with Crippen molar-refractivity contribution in [3.05, 3.63) is 36.5 Å². The van der Waals surface area contributed by atoms with Gasteiger partial charge < -0.3 is 4.90 Å². The Bertz CT molecular complexity index is 285. The first-order chi connectivity index (χ1) is 6.63. The summed E-state index contributed by atoms with van der Waals surface area (Å²) in [4.78, 5) is 13.3. The Kier molecular flexibility index (Phi) is 5.02. The van der Waals surface area contributed by atoms with Gasteiger partial charge >= 0.3 is 0 Å². The van der Waals surface area contributed by atoms with E-state index in [-0.39, 0.29) is 5.91 Å². The topological polar surface area (TPSA) is 20.3 Å². The lowest BCUT2D eigenvalue weighted by Crippen LogP contribution is -2.25. The van der Waals surface area contributed by atoms with Crippen LogP contribution in [0, 0.1) is 0 Å². The van der Waals surface area contributed by atoms with Crippen LogP contribution in [0.2, 0.25) is 0 Å². The maximum atomic E-state index is 11.4. The second kappa shape index (κ2) is 5.50. The molecule has 1 aliphatic heterocycles. The monoisotopic (exact) mass is 209 g/mol. The molecule has 0 atom stereocenters. The maximum absolute atomic E-state index is 11.4. The zero-order chi connectivity index (χ0) is 11.3. The standard InChI is InChI=1S/C9H9NOS.C2H6/c1-4-6-7(5-2)9(12)10(3)8(6)11;1-2/h4-5H,1-2H2,3H3;1-2H3. The fourth-order valence-corrected chi connectivity index (χ4v) is 1.35. The zero-order valence-electron chi connectivity index (χ0n) is 8.83. The number of hydrogen-bond acceptors (Lipinski definition) is 2. The van der Waals surface area contributed by atoms with Crippen LogP contribution < -0.4 is 0 Å². The summed E-state index contributed by atoms with van der Waals surface area (Å²) in [5.74, 6) is -0.107. The molecule has 0 radical (unpaired) electrons. The van der Waals surface area contributed by atoms with E-state index in [1.807, 2.05) is 13.8 Å². The number of nitrogens with zero attached hydrogens (tertiary/aromatic N) is 1. The van der Waals surface area contributed by atoms with Crippen molar-refractivity contribution in [2.24, 2.45) is 0 Å². The molecule has 0 saturated carbocycles. The van der Waals surface area contributed by atoms with Gasteiger partial charge in [-0.3, -0.25) is 4.79 Å². The van der Waals surface area contributed by atoms with E-state index >= 15 is 0 Å². The molecule has 0 saturated heterocycles. The summed E-state index contributed by atoms with van der Waals surface area (Å²) < 4.78 is 0. The van der Waals surface area contributed by atoms with Crippen LogP contribution in [0.25, 0.3) is 0 Å². The molecule has 0 aromatic carbocycles. The van der Waals surface area contributed by atoms with Gasteiger partial charge in [-0.15, -0.1) is 0 Å². The molecule has 0 aliphatic carbocycles. The molecule has 0 aromatic rings. The third-order valence-electron chi connectivity index (χ3n) is 1.77. The Balaban J connectivity index is 0.000000791. The Labute approximate surface area is 90.6 Å². The van der Waals surface area contributed by atoms with Crippen LogP contribution in [0.15, 0.2) is 36.5 Å². The second-order valence-corrected chi connectivity index (χ2v) is 2.79. The van der Waals surface area contributed by atoms with Crippen molar-refractivity contribution >= 4 is 23.1 Å². The van der Waals surface area contributed by atoms with Crippen LogP contribution in [-0.2, 0) is 4.79 Å². The van der Waals surface area contributed by atoms with Crippen LogP contribution in [0.3, 0.4) is 0 Å². The van der Waals surface area contributed by atoms with Crippen molar-refractivity contribution in [2.45, 2.75) is 13.8 Å². The minimum absolute atomic E-state index is 0.107. The first-order valence-electron chi connectivity index (χ1n) is 4.45. The number of rotatable bonds is 2. The van der Waals surface area contributed by atoms with E-state index in [9.17, 15) is 4.79 Å². The van der Waals surface area contributed by atoms with E-state index in [2.05, 4.69) is 13.2 Å². The minimum atomic E-state index is -0.107. The minimum Gasteiger partial charge on any atom is -0.302 e. The van der Waals surface area contributed by atoms with Gasteiger partial charge in [-0.05, 0) is 0 Å². The molecule has 1 heterocycles. The largest absolute Gasteiger partial charge is 0.302 e. The van der Waals surface area contributed by atoms with Crippen LogP contribution in [-0.4, -0.2) is 22.8 Å². The zero-order valence-corrected chi connectivity index (χ0v) is 9.65. The van der Waals surface area contributed by atoms with Crippen LogP contribution in [0.5, 0.6) is 0 Å². The predicted molar refractivity (Wildman–Crippen MR) is 64.1 cm³/mol. The molecule has 0 bridgehead atoms. The molecule has 0 aromatic heterocycles. The number of amides is 1. The molecule has 1 aliphatic rings. The van der Waals surface area contributed by atoms with Crippen molar-refractivity contribution in [1.82, 2.24) is 4.90 Å².